The van der Waals surface area contributed by atoms with Gasteiger partial charge in [0.1, 0.15) is 5.82 Å². The van der Waals surface area contributed by atoms with Crippen LogP contribution in [0.15, 0.2) is 29.2 Å². The summed E-state index contributed by atoms with van der Waals surface area (Å²) in [6.07, 6.45) is 1.37. The number of hydrogen-bond acceptors (Lipinski definition) is 4. The van der Waals surface area contributed by atoms with E-state index in [0.29, 0.717) is 12.8 Å². The van der Waals surface area contributed by atoms with Gasteiger partial charge < -0.3 is 10.6 Å². The van der Waals surface area contributed by atoms with Crippen molar-refractivity contribution >= 4 is 21.8 Å². The van der Waals surface area contributed by atoms with Gasteiger partial charge in [0.25, 0.3) is 0 Å². The molecule has 27 heavy (non-hydrogen) atoms. The van der Waals surface area contributed by atoms with E-state index in [-0.39, 0.29) is 17.0 Å². The van der Waals surface area contributed by atoms with Gasteiger partial charge in [0.05, 0.1) is 18.0 Å². The van der Waals surface area contributed by atoms with Crippen molar-refractivity contribution in [3.63, 3.8) is 0 Å². The molecule has 0 saturated heterocycles. The summed E-state index contributed by atoms with van der Waals surface area (Å²) >= 11 is 0. The lowest BCUT2D eigenvalue weighted by Crippen LogP contribution is -2.48. The maximum atomic E-state index is 13.1. The lowest BCUT2D eigenvalue weighted by Gasteiger charge is -2.23. The minimum absolute atomic E-state index is 0.123. The minimum Gasteiger partial charge on any atom is -0.353 e. The summed E-state index contributed by atoms with van der Waals surface area (Å²) in [5, 5.41) is 5.36. The van der Waals surface area contributed by atoms with Gasteiger partial charge in [-0.2, -0.15) is 4.31 Å². The van der Waals surface area contributed by atoms with Crippen LogP contribution in [0.4, 0.5) is 4.39 Å². The molecule has 0 aromatic heterocycles. The number of carbonyl (C=O) groups excluding carboxylic acids is 2. The van der Waals surface area contributed by atoms with E-state index < -0.39 is 40.7 Å². The fraction of sp³-hybridized carbons (Fsp3) is 0.556. The van der Waals surface area contributed by atoms with Gasteiger partial charge in [-0.1, -0.05) is 13.8 Å². The van der Waals surface area contributed by atoms with Gasteiger partial charge in [-0.3, -0.25) is 9.59 Å². The van der Waals surface area contributed by atoms with E-state index >= 15 is 0 Å². The van der Waals surface area contributed by atoms with Gasteiger partial charge in [-0.15, -0.1) is 0 Å². The van der Waals surface area contributed by atoms with Crippen LogP contribution in [0.25, 0.3) is 0 Å². The Labute approximate surface area is 160 Å². The van der Waals surface area contributed by atoms with Gasteiger partial charge in [0.2, 0.25) is 21.8 Å². The van der Waals surface area contributed by atoms with Crippen molar-refractivity contribution in [1.29, 1.82) is 0 Å². The predicted molar refractivity (Wildman–Crippen MR) is 101 cm³/mol. The summed E-state index contributed by atoms with van der Waals surface area (Å²) < 4.78 is 39.7. The lowest BCUT2D eigenvalue weighted by atomic mass is 10.2. The molecule has 152 valence electrons. The van der Waals surface area contributed by atoms with Crippen LogP contribution >= 0.6 is 0 Å². The molecule has 1 aromatic carbocycles. The zero-order valence-corrected chi connectivity index (χ0v) is 17.0. The molecule has 2 atom stereocenters. The fourth-order valence-electron chi connectivity index (χ4n) is 2.15. The van der Waals surface area contributed by atoms with Crippen LogP contribution in [0.3, 0.4) is 0 Å². The Balaban J connectivity index is 3.06. The highest BCUT2D eigenvalue weighted by molar-refractivity contribution is 7.89. The molecule has 1 rings (SSSR count). The molecule has 0 spiro atoms. The second-order valence-electron chi connectivity index (χ2n) is 6.48. The number of rotatable bonds is 10. The first-order chi connectivity index (χ1) is 12.6. The van der Waals surface area contributed by atoms with E-state index in [1.165, 1.54) is 0 Å². The highest BCUT2D eigenvalue weighted by atomic mass is 32.2. The van der Waals surface area contributed by atoms with Crippen molar-refractivity contribution in [2.45, 2.75) is 57.5 Å². The summed E-state index contributed by atoms with van der Waals surface area (Å²) in [5.41, 5.74) is 0. The summed E-state index contributed by atoms with van der Waals surface area (Å²) in [7, 11) is -4.15. The number of hydrogen-bond donors (Lipinski definition) is 2. The molecule has 9 heteroatoms. The average molecular weight is 402 g/mol. The Morgan fingerprint density at radius 3 is 1.74 bits per heavy atom. The third kappa shape index (κ3) is 7.26. The van der Waals surface area contributed by atoms with Gasteiger partial charge in [0.15, 0.2) is 0 Å². The summed E-state index contributed by atoms with van der Waals surface area (Å²) in [4.78, 5) is 24.2. The number of amides is 2. The molecular formula is C18H28FN3O4S. The van der Waals surface area contributed by atoms with E-state index in [1.54, 1.807) is 13.8 Å². The number of halogens is 1. The SMILES string of the molecule is CC[C@H](C)NC(=O)CN(CC(=O)N[C@@H](C)CC)S(=O)(=O)c1ccc(F)cc1. The van der Waals surface area contributed by atoms with Crippen LogP contribution in [0, 0.1) is 5.82 Å². The number of sulfonamides is 1. The van der Waals surface area contributed by atoms with Crippen molar-refractivity contribution in [3.8, 4) is 0 Å². The molecule has 2 amide bonds. The van der Waals surface area contributed by atoms with Crippen LogP contribution in [0.1, 0.15) is 40.5 Å². The summed E-state index contributed by atoms with van der Waals surface area (Å²) in [5.74, 6) is -1.60. The first-order valence-electron chi connectivity index (χ1n) is 8.94. The van der Waals surface area contributed by atoms with Gasteiger partial charge in [0, 0.05) is 12.1 Å². The van der Waals surface area contributed by atoms with Gasteiger partial charge in [-0.05, 0) is 51.0 Å². The van der Waals surface area contributed by atoms with E-state index in [9.17, 15) is 22.4 Å². The van der Waals surface area contributed by atoms with Crippen LogP contribution in [0.2, 0.25) is 0 Å². The molecular weight excluding hydrogens is 373 g/mol. The first-order valence-corrected chi connectivity index (χ1v) is 10.4. The zero-order chi connectivity index (χ0) is 20.6. The third-order valence-corrected chi connectivity index (χ3v) is 5.94. The van der Waals surface area contributed by atoms with Crippen molar-refractivity contribution in [2.75, 3.05) is 13.1 Å². The van der Waals surface area contributed by atoms with Gasteiger partial charge >= 0.3 is 0 Å². The summed E-state index contributed by atoms with van der Waals surface area (Å²) in [6.45, 7) is 6.36. The van der Waals surface area contributed by atoms with Crippen molar-refractivity contribution in [3.05, 3.63) is 30.1 Å². The highest BCUT2D eigenvalue weighted by Crippen LogP contribution is 2.16. The quantitative estimate of drug-likeness (QED) is 0.623. The van der Waals surface area contributed by atoms with E-state index in [2.05, 4.69) is 10.6 Å². The molecule has 0 aliphatic heterocycles. The summed E-state index contributed by atoms with van der Waals surface area (Å²) in [6, 6.07) is 4.00. The molecule has 1 aromatic rings. The van der Waals surface area contributed by atoms with Crippen LogP contribution in [-0.2, 0) is 19.6 Å². The van der Waals surface area contributed by atoms with Crippen LogP contribution < -0.4 is 10.6 Å². The monoisotopic (exact) mass is 401 g/mol. The molecule has 0 fully saturated rings. The Morgan fingerprint density at radius 2 is 1.37 bits per heavy atom. The molecule has 7 nitrogen and oxygen atoms in total. The highest BCUT2D eigenvalue weighted by Gasteiger charge is 2.29. The minimum atomic E-state index is -4.15. The first kappa shape index (κ1) is 23.0. The Kier molecular flexibility index (Phi) is 8.84. The molecule has 0 heterocycles. The Bertz CT molecular complexity index is 711. The largest absolute Gasteiger partial charge is 0.353 e. The van der Waals surface area contributed by atoms with E-state index in [0.717, 1.165) is 28.6 Å². The topological polar surface area (TPSA) is 95.6 Å². The van der Waals surface area contributed by atoms with Crippen LogP contribution in [0.5, 0.6) is 0 Å². The average Bonchev–Trinajstić information content (AvgIpc) is 2.61. The second-order valence-corrected chi connectivity index (χ2v) is 8.42. The number of nitrogens with one attached hydrogen (secondary N) is 2. The van der Waals surface area contributed by atoms with Crippen molar-refractivity contribution in [1.82, 2.24) is 14.9 Å². The van der Waals surface area contributed by atoms with Crippen LogP contribution in [-0.4, -0.2) is 49.7 Å². The second kappa shape index (κ2) is 10.4. The number of carbonyl (C=O) groups is 2. The molecule has 0 aliphatic carbocycles. The molecule has 0 bridgehead atoms. The molecule has 0 aliphatic rings. The zero-order valence-electron chi connectivity index (χ0n) is 16.2. The Morgan fingerprint density at radius 1 is 0.963 bits per heavy atom. The molecule has 2 N–H and O–H groups in total. The third-order valence-electron chi connectivity index (χ3n) is 4.13. The molecule has 0 saturated carbocycles. The normalized spacial score (nSPS) is 13.9. The fourth-order valence-corrected chi connectivity index (χ4v) is 3.50. The van der Waals surface area contributed by atoms with E-state index in [4.69, 9.17) is 0 Å². The number of nitrogens with zero attached hydrogens (tertiary/aromatic N) is 1. The van der Waals surface area contributed by atoms with E-state index in [1.807, 2.05) is 13.8 Å². The Hall–Kier alpha value is -2.00. The molecule has 0 unspecified atom stereocenters. The van der Waals surface area contributed by atoms with Gasteiger partial charge in [-0.25, -0.2) is 12.8 Å². The molecule has 0 radical (unpaired) electrons. The van der Waals surface area contributed by atoms with Crippen molar-refractivity contribution < 1.29 is 22.4 Å². The number of benzene rings is 1. The smallest absolute Gasteiger partial charge is 0.244 e. The maximum Gasteiger partial charge on any atom is 0.244 e. The predicted octanol–water partition coefficient (Wildman–Crippen LogP) is 1.65. The standard InChI is InChI=1S/C18H28FN3O4S/c1-5-13(3)20-17(23)11-22(12-18(24)21-14(4)6-2)27(25,26)16-9-7-15(19)8-10-16/h7-10,13-14H,5-6,11-12H2,1-4H3,(H,20,23)(H,21,24)/t13-,14-/m0/s1. The maximum absolute atomic E-state index is 13.1. The lowest BCUT2D eigenvalue weighted by molar-refractivity contribution is -0.124. The van der Waals surface area contributed by atoms with Crippen molar-refractivity contribution in [2.24, 2.45) is 0 Å².